The van der Waals surface area contributed by atoms with Gasteiger partial charge in [-0.25, -0.2) is 0 Å². The van der Waals surface area contributed by atoms with Crippen LogP contribution >= 0.6 is 0 Å². The minimum absolute atomic E-state index is 0.230. The second kappa shape index (κ2) is 5.14. The summed E-state index contributed by atoms with van der Waals surface area (Å²) in [5.74, 6) is -2.67. The Kier molecular flexibility index (Phi) is 4.83. The van der Waals surface area contributed by atoms with E-state index in [-0.39, 0.29) is 6.61 Å². The molecule has 0 aromatic rings. The minimum atomic E-state index is -1.56. The normalized spacial score (nSPS) is 13.4. The van der Waals surface area contributed by atoms with Gasteiger partial charge in [0.05, 0.1) is 6.61 Å². The van der Waals surface area contributed by atoms with Crippen molar-refractivity contribution in [1.82, 2.24) is 0 Å². The summed E-state index contributed by atoms with van der Waals surface area (Å²) in [6.07, 6.45) is 0. The third kappa shape index (κ3) is 5.01. The number of aliphatic carboxylic acids is 1. The summed E-state index contributed by atoms with van der Waals surface area (Å²) in [6.45, 7) is 7.99. The van der Waals surface area contributed by atoms with Gasteiger partial charge in [0.1, 0.15) is 0 Å². The van der Waals surface area contributed by atoms with Gasteiger partial charge in [0.25, 0.3) is 0 Å². The summed E-state index contributed by atoms with van der Waals surface area (Å²) < 4.78 is 4.71. The Morgan fingerprint density at radius 2 is 1.86 bits per heavy atom. The quantitative estimate of drug-likeness (QED) is 0.432. The zero-order valence-electron chi connectivity index (χ0n) is 9.16. The number of carbonyl (C=O) groups is 2. The molecule has 0 amide bonds. The molecule has 0 aromatic heterocycles. The maximum atomic E-state index is 11.3. The van der Waals surface area contributed by atoms with Crippen molar-refractivity contribution in [3.05, 3.63) is 0 Å². The Morgan fingerprint density at radius 1 is 1.36 bits per heavy atom. The lowest BCUT2D eigenvalue weighted by Gasteiger charge is -2.19. The van der Waals surface area contributed by atoms with Crippen LogP contribution in [-0.4, -0.2) is 31.7 Å². The van der Waals surface area contributed by atoms with Crippen molar-refractivity contribution >= 4 is 20.0 Å². The Labute approximate surface area is 85.3 Å². The van der Waals surface area contributed by atoms with Gasteiger partial charge < -0.3 is 9.84 Å². The zero-order chi connectivity index (χ0) is 11.4. The van der Waals surface area contributed by atoms with Crippen molar-refractivity contribution in [2.45, 2.75) is 32.6 Å². The maximum Gasteiger partial charge on any atom is 0.320 e. The molecule has 0 unspecified atom stereocenters. The van der Waals surface area contributed by atoms with Crippen LogP contribution in [0.15, 0.2) is 0 Å². The fourth-order valence-corrected chi connectivity index (χ4v) is 2.69. The molecule has 0 spiro atoms. The SMILES string of the molecule is CCOC(=O)[C@@H](C[Si](C)(C)C)C(=O)O. The van der Waals surface area contributed by atoms with Gasteiger partial charge in [-0.2, -0.15) is 0 Å². The Morgan fingerprint density at radius 3 is 2.14 bits per heavy atom. The van der Waals surface area contributed by atoms with Gasteiger partial charge in [-0.05, 0) is 13.0 Å². The predicted molar refractivity (Wildman–Crippen MR) is 55.9 cm³/mol. The lowest BCUT2D eigenvalue weighted by molar-refractivity contribution is -0.157. The molecule has 0 bridgehead atoms. The summed E-state index contributed by atoms with van der Waals surface area (Å²) in [5.41, 5.74) is 0. The van der Waals surface area contributed by atoms with Crippen LogP contribution in [0.25, 0.3) is 0 Å². The molecule has 0 rings (SSSR count). The molecule has 1 N–H and O–H groups in total. The summed E-state index contributed by atoms with van der Waals surface area (Å²) >= 11 is 0. The fourth-order valence-electron chi connectivity index (χ4n) is 1.13. The van der Waals surface area contributed by atoms with Crippen molar-refractivity contribution in [3.8, 4) is 0 Å². The molecule has 82 valence electrons. The topological polar surface area (TPSA) is 63.6 Å². The predicted octanol–water partition coefficient (Wildman–Crippen LogP) is 1.59. The average Bonchev–Trinajstić information content (AvgIpc) is 1.98. The number of carbonyl (C=O) groups excluding carboxylic acids is 1. The van der Waals surface area contributed by atoms with Gasteiger partial charge in [-0.15, -0.1) is 0 Å². The molecule has 0 heterocycles. The van der Waals surface area contributed by atoms with E-state index in [4.69, 9.17) is 9.84 Å². The summed E-state index contributed by atoms with van der Waals surface area (Å²) in [5, 5.41) is 8.86. The monoisotopic (exact) mass is 218 g/mol. The lowest BCUT2D eigenvalue weighted by atomic mass is 10.2. The third-order valence-electron chi connectivity index (χ3n) is 1.69. The number of hydrogen-bond donors (Lipinski definition) is 1. The first-order valence-electron chi connectivity index (χ1n) is 4.67. The highest BCUT2D eigenvalue weighted by molar-refractivity contribution is 6.76. The number of ether oxygens (including phenoxy) is 1. The molecule has 1 atom stereocenters. The Bertz CT molecular complexity index is 219. The van der Waals surface area contributed by atoms with Crippen LogP contribution in [0, 0.1) is 5.92 Å². The first kappa shape index (κ1) is 13.2. The molecule has 0 radical (unpaired) electrons. The largest absolute Gasteiger partial charge is 0.481 e. The molecule has 0 aliphatic carbocycles. The van der Waals surface area contributed by atoms with Crippen molar-refractivity contribution < 1.29 is 19.4 Å². The summed E-state index contributed by atoms with van der Waals surface area (Å²) in [6, 6.07) is 0.432. The van der Waals surface area contributed by atoms with Crippen molar-refractivity contribution in [2.75, 3.05) is 6.61 Å². The highest BCUT2D eigenvalue weighted by Crippen LogP contribution is 2.18. The second-order valence-electron chi connectivity index (χ2n) is 4.41. The number of rotatable bonds is 5. The van der Waals surface area contributed by atoms with Gasteiger partial charge in [-0.1, -0.05) is 19.6 Å². The second-order valence-corrected chi connectivity index (χ2v) is 9.94. The number of carboxylic acid groups (broad SMARTS) is 1. The third-order valence-corrected chi connectivity index (χ3v) is 3.32. The van der Waals surface area contributed by atoms with Crippen LogP contribution in [0.3, 0.4) is 0 Å². The average molecular weight is 218 g/mol. The first-order chi connectivity index (χ1) is 6.28. The first-order valence-corrected chi connectivity index (χ1v) is 8.38. The molecule has 4 nitrogen and oxygen atoms in total. The van der Waals surface area contributed by atoms with Gasteiger partial charge in [0.2, 0.25) is 0 Å². The van der Waals surface area contributed by atoms with E-state index in [1.807, 2.05) is 19.6 Å². The highest BCUT2D eigenvalue weighted by Gasteiger charge is 2.32. The molecule has 0 saturated carbocycles. The highest BCUT2D eigenvalue weighted by atomic mass is 28.3. The number of carboxylic acids is 1. The van der Waals surface area contributed by atoms with E-state index in [2.05, 4.69) is 0 Å². The summed E-state index contributed by atoms with van der Waals surface area (Å²) in [7, 11) is -1.56. The molecule has 0 saturated heterocycles. The maximum absolute atomic E-state index is 11.3. The van der Waals surface area contributed by atoms with Crippen LogP contribution in [0.5, 0.6) is 0 Å². The zero-order valence-corrected chi connectivity index (χ0v) is 10.2. The van der Waals surface area contributed by atoms with Crippen molar-refractivity contribution in [1.29, 1.82) is 0 Å². The van der Waals surface area contributed by atoms with Crippen LogP contribution in [0.2, 0.25) is 25.7 Å². The molecule has 0 aromatic carbocycles. The van der Waals surface area contributed by atoms with E-state index < -0.39 is 25.9 Å². The van der Waals surface area contributed by atoms with E-state index in [1.54, 1.807) is 6.92 Å². The van der Waals surface area contributed by atoms with Crippen LogP contribution in [-0.2, 0) is 14.3 Å². The Hall–Kier alpha value is -0.843. The van der Waals surface area contributed by atoms with Crippen LogP contribution in [0.4, 0.5) is 0 Å². The van der Waals surface area contributed by atoms with E-state index in [0.717, 1.165) is 0 Å². The summed E-state index contributed by atoms with van der Waals surface area (Å²) in [4.78, 5) is 22.1. The minimum Gasteiger partial charge on any atom is -0.481 e. The van der Waals surface area contributed by atoms with Gasteiger partial charge in [0, 0.05) is 8.07 Å². The van der Waals surface area contributed by atoms with Crippen LogP contribution < -0.4 is 0 Å². The van der Waals surface area contributed by atoms with Gasteiger partial charge >= 0.3 is 11.9 Å². The van der Waals surface area contributed by atoms with Crippen molar-refractivity contribution in [2.24, 2.45) is 5.92 Å². The van der Waals surface area contributed by atoms with E-state index in [9.17, 15) is 9.59 Å². The molecule has 0 fully saturated rings. The van der Waals surface area contributed by atoms with E-state index in [0.29, 0.717) is 6.04 Å². The van der Waals surface area contributed by atoms with Gasteiger partial charge in [0.15, 0.2) is 5.92 Å². The van der Waals surface area contributed by atoms with E-state index >= 15 is 0 Å². The van der Waals surface area contributed by atoms with E-state index in [1.165, 1.54) is 0 Å². The smallest absolute Gasteiger partial charge is 0.320 e. The molecular formula is C9H18O4Si. The number of hydrogen-bond acceptors (Lipinski definition) is 3. The standard InChI is InChI=1S/C9H18O4Si/c1-5-13-9(12)7(8(10)11)6-14(2,3)4/h7H,5-6H2,1-4H3,(H,10,11)/t7-/m0/s1. The lowest BCUT2D eigenvalue weighted by Crippen LogP contribution is -2.34. The fraction of sp³-hybridized carbons (Fsp3) is 0.778. The molecule has 5 heteroatoms. The molecule has 14 heavy (non-hydrogen) atoms. The molecular weight excluding hydrogens is 200 g/mol. The molecule has 0 aliphatic rings. The van der Waals surface area contributed by atoms with Gasteiger partial charge in [-0.3, -0.25) is 9.59 Å². The van der Waals surface area contributed by atoms with Crippen molar-refractivity contribution in [3.63, 3.8) is 0 Å². The Balaban J connectivity index is 4.45. The van der Waals surface area contributed by atoms with Crippen LogP contribution in [0.1, 0.15) is 6.92 Å². The number of esters is 1. The molecule has 0 aliphatic heterocycles.